The van der Waals surface area contributed by atoms with E-state index in [-0.39, 0.29) is 18.6 Å². The maximum atomic E-state index is 12.8. The Kier molecular flexibility index (Phi) is 7.42. The Morgan fingerprint density at radius 1 is 1.11 bits per heavy atom. The number of rotatable bonds is 7. The number of aromatic nitrogens is 1. The topological polar surface area (TPSA) is 70.3 Å². The van der Waals surface area contributed by atoms with Crippen molar-refractivity contribution in [3.05, 3.63) is 83.7 Å². The number of carbonyl (C=O) groups is 1. The lowest BCUT2D eigenvalue weighted by atomic mass is 10.0. The first-order valence-electron chi connectivity index (χ1n) is 11.3. The molecule has 1 saturated heterocycles. The summed E-state index contributed by atoms with van der Waals surface area (Å²) in [5.41, 5.74) is 1.56. The molecule has 0 atom stereocenters. The highest BCUT2D eigenvalue weighted by molar-refractivity contribution is 5.77. The highest BCUT2D eigenvalue weighted by atomic mass is 19.4. The van der Waals surface area contributed by atoms with Gasteiger partial charge in [-0.1, -0.05) is 6.07 Å². The second kappa shape index (κ2) is 10.7. The predicted molar refractivity (Wildman–Crippen MR) is 124 cm³/mol. The zero-order chi connectivity index (χ0) is 24.8. The molecule has 2 aromatic carbocycles. The SMILES string of the molecule is N#Cc1cccc(OCC(=O)NC2CCN(Cc3ccn(-c4ccc(C(F)(F)F)cc4)c3)CC2)c1. The van der Waals surface area contributed by atoms with E-state index in [1.54, 1.807) is 24.3 Å². The maximum absolute atomic E-state index is 12.8. The van der Waals surface area contributed by atoms with Crippen molar-refractivity contribution in [3.8, 4) is 17.5 Å². The molecular weight excluding hydrogens is 457 g/mol. The van der Waals surface area contributed by atoms with Crippen LogP contribution in [0.2, 0.25) is 0 Å². The van der Waals surface area contributed by atoms with Gasteiger partial charge in [-0.2, -0.15) is 18.4 Å². The van der Waals surface area contributed by atoms with Crippen molar-refractivity contribution < 1.29 is 22.7 Å². The average molecular weight is 483 g/mol. The Bertz CT molecular complexity index is 1190. The minimum atomic E-state index is -4.34. The monoisotopic (exact) mass is 482 g/mol. The summed E-state index contributed by atoms with van der Waals surface area (Å²) in [6.45, 7) is 2.27. The summed E-state index contributed by atoms with van der Waals surface area (Å²) >= 11 is 0. The Hall–Kier alpha value is -3.77. The molecule has 1 N–H and O–H groups in total. The molecule has 0 saturated carbocycles. The molecule has 182 valence electrons. The van der Waals surface area contributed by atoms with Gasteiger partial charge in [-0.25, -0.2) is 0 Å². The van der Waals surface area contributed by atoms with Crippen molar-refractivity contribution in [1.82, 2.24) is 14.8 Å². The molecule has 0 bridgehead atoms. The number of benzene rings is 2. The molecule has 0 radical (unpaired) electrons. The summed E-state index contributed by atoms with van der Waals surface area (Å²) in [5.74, 6) is 0.289. The molecule has 1 aromatic heterocycles. The van der Waals surface area contributed by atoms with E-state index in [1.807, 2.05) is 29.1 Å². The van der Waals surface area contributed by atoms with Gasteiger partial charge in [0, 0.05) is 43.8 Å². The van der Waals surface area contributed by atoms with Crippen molar-refractivity contribution >= 4 is 5.91 Å². The quantitative estimate of drug-likeness (QED) is 0.537. The first-order valence-corrected chi connectivity index (χ1v) is 11.3. The molecule has 0 spiro atoms. The van der Waals surface area contributed by atoms with E-state index in [0.717, 1.165) is 50.2 Å². The molecule has 6 nitrogen and oxygen atoms in total. The van der Waals surface area contributed by atoms with Crippen LogP contribution in [-0.4, -0.2) is 41.1 Å². The van der Waals surface area contributed by atoms with E-state index in [9.17, 15) is 18.0 Å². The Morgan fingerprint density at radius 3 is 2.54 bits per heavy atom. The number of carbonyl (C=O) groups excluding carboxylic acids is 1. The number of nitrogens with zero attached hydrogens (tertiary/aromatic N) is 3. The number of amides is 1. The van der Waals surface area contributed by atoms with Gasteiger partial charge >= 0.3 is 6.18 Å². The van der Waals surface area contributed by atoms with E-state index in [1.165, 1.54) is 12.1 Å². The highest BCUT2D eigenvalue weighted by Crippen LogP contribution is 2.29. The van der Waals surface area contributed by atoms with Crippen LogP contribution in [0.3, 0.4) is 0 Å². The lowest BCUT2D eigenvalue weighted by Gasteiger charge is -2.32. The summed E-state index contributed by atoms with van der Waals surface area (Å²) < 4.78 is 45.6. The van der Waals surface area contributed by atoms with Gasteiger partial charge in [0.15, 0.2) is 6.61 Å². The van der Waals surface area contributed by atoms with Crippen LogP contribution in [0.4, 0.5) is 13.2 Å². The number of likely N-dealkylation sites (tertiary alicyclic amines) is 1. The smallest absolute Gasteiger partial charge is 0.416 e. The number of nitriles is 1. The summed E-state index contributed by atoms with van der Waals surface area (Å²) in [4.78, 5) is 14.5. The fraction of sp³-hybridized carbons (Fsp3) is 0.308. The third-order valence-corrected chi connectivity index (χ3v) is 5.94. The number of nitrogens with one attached hydrogen (secondary N) is 1. The van der Waals surface area contributed by atoms with E-state index in [0.29, 0.717) is 17.0 Å². The molecule has 1 fully saturated rings. The zero-order valence-electron chi connectivity index (χ0n) is 19.0. The van der Waals surface area contributed by atoms with E-state index >= 15 is 0 Å². The van der Waals surface area contributed by atoms with Gasteiger partial charge in [0.2, 0.25) is 0 Å². The number of ether oxygens (including phenoxy) is 1. The molecular formula is C26H25F3N4O2. The molecule has 1 aliphatic heterocycles. The van der Waals surface area contributed by atoms with Crippen molar-refractivity contribution in [1.29, 1.82) is 5.26 Å². The highest BCUT2D eigenvalue weighted by Gasteiger charge is 2.30. The second-order valence-corrected chi connectivity index (χ2v) is 8.52. The van der Waals surface area contributed by atoms with Gasteiger partial charge < -0.3 is 14.6 Å². The fourth-order valence-corrected chi connectivity index (χ4v) is 4.08. The molecule has 0 unspecified atom stereocenters. The summed E-state index contributed by atoms with van der Waals surface area (Å²) in [7, 11) is 0. The first-order chi connectivity index (χ1) is 16.8. The van der Waals surface area contributed by atoms with Crippen LogP contribution in [0.15, 0.2) is 67.0 Å². The predicted octanol–water partition coefficient (Wildman–Crippen LogP) is 4.53. The van der Waals surface area contributed by atoms with E-state index < -0.39 is 11.7 Å². The Labute approximate surface area is 201 Å². The first kappa shape index (κ1) is 24.4. The zero-order valence-corrected chi connectivity index (χ0v) is 19.0. The van der Waals surface area contributed by atoms with Gasteiger partial charge in [0.1, 0.15) is 5.75 Å². The number of alkyl halides is 3. The van der Waals surface area contributed by atoms with Gasteiger partial charge in [0.05, 0.1) is 17.2 Å². The third-order valence-electron chi connectivity index (χ3n) is 5.94. The number of halogens is 3. The fourth-order valence-electron chi connectivity index (χ4n) is 4.08. The standard InChI is InChI=1S/C26H25F3N4O2/c27-26(28,29)21-4-6-23(7-5-21)33-13-8-20(17-33)16-32-11-9-22(10-12-32)31-25(34)18-35-24-3-1-2-19(14-24)15-30/h1-8,13-14,17,22H,9-12,16,18H2,(H,31,34). The minimum absolute atomic E-state index is 0.0736. The van der Waals surface area contributed by atoms with Crippen molar-refractivity contribution in [2.45, 2.75) is 31.6 Å². The largest absolute Gasteiger partial charge is 0.484 e. The minimum Gasteiger partial charge on any atom is -0.484 e. The van der Waals surface area contributed by atoms with Crippen LogP contribution >= 0.6 is 0 Å². The van der Waals surface area contributed by atoms with Crippen LogP contribution < -0.4 is 10.1 Å². The number of piperidine rings is 1. The second-order valence-electron chi connectivity index (χ2n) is 8.52. The van der Waals surface area contributed by atoms with Crippen LogP contribution in [0, 0.1) is 11.3 Å². The van der Waals surface area contributed by atoms with E-state index in [4.69, 9.17) is 10.00 Å². The van der Waals surface area contributed by atoms with Crippen molar-refractivity contribution in [2.75, 3.05) is 19.7 Å². The normalized spacial score (nSPS) is 14.9. The molecule has 35 heavy (non-hydrogen) atoms. The molecule has 4 rings (SSSR count). The number of hydrogen-bond donors (Lipinski definition) is 1. The lowest BCUT2D eigenvalue weighted by molar-refractivity contribution is -0.137. The van der Waals surface area contributed by atoms with Crippen LogP contribution in [0.25, 0.3) is 5.69 Å². The van der Waals surface area contributed by atoms with Crippen LogP contribution in [0.1, 0.15) is 29.5 Å². The summed E-state index contributed by atoms with van der Waals surface area (Å²) in [5, 5.41) is 11.9. The Balaban J connectivity index is 1.21. The summed E-state index contributed by atoms with van der Waals surface area (Å²) in [6.07, 6.45) is 1.06. The van der Waals surface area contributed by atoms with E-state index in [2.05, 4.69) is 10.2 Å². The average Bonchev–Trinajstić information content (AvgIpc) is 3.32. The molecule has 3 aromatic rings. The van der Waals surface area contributed by atoms with Crippen molar-refractivity contribution in [3.63, 3.8) is 0 Å². The third kappa shape index (κ3) is 6.64. The summed E-state index contributed by atoms with van der Waals surface area (Å²) in [6, 6.07) is 15.8. The molecule has 0 aliphatic carbocycles. The Morgan fingerprint density at radius 2 is 1.86 bits per heavy atom. The number of hydrogen-bond acceptors (Lipinski definition) is 4. The van der Waals surface area contributed by atoms with Gasteiger partial charge in [0.25, 0.3) is 5.91 Å². The van der Waals surface area contributed by atoms with Gasteiger partial charge in [-0.3, -0.25) is 9.69 Å². The van der Waals surface area contributed by atoms with Gasteiger partial charge in [-0.15, -0.1) is 0 Å². The molecule has 2 heterocycles. The molecule has 1 amide bonds. The van der Waals surface area contributed by atoms with Crippen molar-refractivity contribution in [2.24, 2.45) is 0 Å². The van der Waals surface area contributed by atoms with Gasteiger partial charge in [-0.05, 0) is 66.9 Å². The maximum Gasteiger partial charge on any atom is 0.416 e. The molecule has 9 heteroatoms. The molecule has 1 aliphatic rings. The van der Waals surface area contributed by atoms with Crippen LogP contribution in [-0.2, 0) is 17.5 Å². The van der Waals surface area contributed by atoms with Crippen LogP contribution in [0.5, 0.6) is 5.75 Å². The lowest BCUT2D eigenvalue weighted by Crippen LogP contribution is -2.45.